The molecule has 3 atom stereocenters. The summed E-state index contributed by atoms with van der Waals surface area (Å²) < 4.78 is 55.3. The van der Waals surface area contributed by atoms with Gasteiger partial charge in [0.25, 0.3) is 5.91 Å². The van der Waals surface area contributed by atoms with E-state index in [1.54, 1.807) is 0 Å². The molecule has 4 N–H and O–H groups in total. The lowest BCUT2D eigenvalue weighted by Crippen LogP contribution is -2.57. The third kappa shape index (κ3) is 14.3. The molecule has 0 unspecified atom stereocenters. The van der Waals surface area contributed by atoms with E-state index in [1.807, 2.05) is 45.0 Å². The maximum Gasteiger partial charge on any atom is 0.252 e. The first-order chi connectivity index (χ1) is 22.4. The standard InChI is InChI=1S/C35H46F2N4O5S.2ClH/c1-4-8-30(9-5-2)47(45,46)23-32(41-34(43)27-12-14-38-15-13-27)35(44)40-31(19-26-17-28(36)20-29(37)18-26)33(42)22-39-21-25-11-7-10-24(6-3)16-25;;/h7,10-18,20,30-33,39,42H,4-6,8-9,19,21-23H2,1-3H3,(H,40,44)(H,41,43);2*1H/t31-,32+,33+;;/m0../s1. The van der Waals surface area contributed by atoms with E-state index in [2.05, 4.69) is 20.9 Å². The highest BCUT2D eigenvalue weighted by Crippen LogP contribution is 2.18. The average molecular weight is 746 g/mol. The van der Waals surface area contributed by atoms with Crippen LogP contribution < -0.4 is 16.0 Å². The van der Waals surface area contributed by atoms with Gasteiger partial charge in [0.05, 0.1) is 23.1 Å². The smallest absolute Gasteiger partial charge is 0.252 e. The second kappa shape index (κ2) is 21.8. The number of sulfone groups is 1. The molecule has 1 heterocycles. The zero-order valence-corrected chi connectivity index (χ0v) is 30.5. The van der Waals surface area contributed by atoms with Crippen molar-refractivity contribution in [1.29, 1.82) is 0 Å². The number of rotatable bonds is 19. The largest absolute Gasteiger partial charge is 0.390 e. The highest BCUT2D eigenvalue weighted by atomic mass is 35.5. The molecule has 0 bridgehead atoms. The van der Waals surface area contributed by atoms with E-state index < -0.39 is 62.5 Å². The van der Waals surface area contributed by atoms with E-state index in [0.29, 0.717) is 32.2 Å². The molecule has 0 aliphatic carbocycles. The molecule has 0 spiro atoms. The minimum atomic E-state index is -3.86. The Morgan fingerprint density at radius 3 is 2.06 bits per heavy atom. The van der Waals surface area contributed by atoms with Crippen molar-refractivity contribution in [3.63, 3.8) is 0 Å². The summed E-state index contributed by atoms with van der Waals surface area (Å²) in [5.41, 5.74) is 2.50. The van der Waals surface area contributed by atoms with Crippen LogP contribution in [0.2, 0.25) is 0 Å². The number of aliphatic hydroxyl groups excluding tert-OH is 1. The summed E-state index contributed by atoms with van der Waals surface area (Å²) in [6.07, 6.45) is 4.30. The second-order valence-electron chi connectivity index (χ2n) is 11.8. The van der Waals surface area contributed by atoms with Crippen LogP contribution in [0.15, 0.2) is 67.0 Å². The molecule has 1 aromatic heterocycles. The molecule has 0 saturated heterocycles. The highest BCUT2D eigenvalue weighted by Gasteiger charge is 2.34. The number of nitrogens with zero attached hydrogens (tertiary/aromatic N) is 1. The molecule has 49 heavy (non-hydrogen) atoms. The van der Waals surface area contributed by atoms with Crippen molar-refractivity contribution in [2.24, 2.45) is 0 Å². The fourth-order valence-electron chi connectivity index (χ4n) is 5.46. The molecule has 272 valence electrons. The number of carbonyl (C=O) groups is 2. The molecule has 3 rings (SSSR count). The van der Waals surface area contributed by atoms with Gasteiger partial charge >= 0.3 is 0 Å². The van der Waals surface area contributed by atoms with Crippen molar-refractivity contribution in [2.45, 2.75) is 89.3 Å². The quantitative estimate of drug-likeness (QED) is 0.134. The van der Waals surface area contributed by atoms with Crippen molar-refractivity contribution < 1.29 is 31.9 Å². The van der Waals surface area contributed by atoms with Crippen LogP contribution in [-0.2, 0) is 34.0 Å². The van der Waals surface area contributed by atoms with Crippen molar-refractivity contribution in [3.05, 3.63) is 101 Å². The number of hydrogen-bond donors (Lipinski definition) is 4. The topological polar surface area (TPSA) is 137 Å². The number of aliphatic hydroxyl groups is 1. The van der Waals surface area contributed by atoms with E-state index in [1.165, 1.54) is 24.5 Å². The molecule has 2 amide bonds. The van der Waals surface area contributed by atoms with Crippen LogP contribution in [0.4, 0.5) is 8.78 Å². The normalized spacial score (nSPS) is 13.0. The van der Waals surface area contributed by atoms with Crippen LogP contribution in [0.5, 0.6) is 0 Å². The van der Waals surface area contributed by atoms with Crippen molar-refractivity contribution in [1.82, 2.24) is 20.9 Å². The Morgan fingerprint density at radius 1 is 0.857 bits per heavy atom. The number of hydrogen-bond acceptors (Lipinski definition) is 7. The van der Waals surface area contributed by atoms with Gasteiger partial charge in [0, 0.05) is 37.1 Å². The van der Waals surface area contributed by atoms with Crippen molar-refractivity contribution in [2.75, 3.05) is 12.3 Å². The Kier molecular flexibility index (Phi) is 19.5. The number of carbonyl (C=O) groups excluding carboxylic acids is 2. The summed E-state index contributed by atoms with van der Waals surface area (Å²) in [6, 6.07) is 11.1. The Hall–Kier alpha value is -3.16. The van der Waals surface area contributed by atoms with Crippen LogP contribution in [0, 0.1) is 11.6 Å². The third-order valence-corrected chi connectivity index (χ3v) is 10.2. The van der Waals surface area contributed by atoms with Crippen LogP contribution in [0.25, 0.3) is 0 Å². The molecule has 0 fully saturated rings. The van der Waals surface area contributed by atoms with Crippen molar-refractivity contribution in [3.8, 4) is 0 Å². The van der Waals surface area contributed by atoms with Gasteiger partial charge in [-0.2, -0.15) is 0 Å². The van der Waals surface area contributed by atoms with Crippen LogP contribution in [0.3, 0.4) is 0 Å². The van der Waals surface area contributed by atoms with Gasteiger partial charge in [0.1, 0.15) is 17.7 Å². The first-order valence-electron chi connectivity index (χ1n) is 16.1. The van der Waals surface area contributed by atoms with E-state index in [9.17, 15) is 31.9 Å². The Labute approximate surface area is 300 Å². The Morgan fingerprint density at radius 2 is 1.47 bits per heavy atom. The summed E-state index contributed by atoms with van der Waals surface area (Å²) in [4.78, 5) is 30.9. The minimum Gasteiger partial charge on any atom is -0.390 e. The fourth-order valence-corrected chi connectivity index (χ4v) is 7.62. The average Bonchev–Trinajstić information content (AvgIpc) is 3.03. The highest BCUT2D eigenvalue weighted by molar-refractivity contribution is 7.92. The molecule has 3 aromatic rings. The van der Waals surface area contributed by atoms with Crippen molar-refractivity contribution >= 4 is 46.5 Å². The van der Waals surface area contributed by atoms with Gasteiger partial charge in [-0.3, -0.25) is 14.6 Å². The predicted molar refractivity (Wildman–Crippen MR) is 193 cm³/mol. The molecular weight excluding hydrogens is 697 g/mol. The lowest BCUT2D eigenvalue weighted by Gasteiger charge is -2.28. The number of amides is 2. The van der Waals surface area contributed by atoms with E-state index in [-0.39, 0.29) is 48.9 Å². The van der Waals surface area contributed by atoms with Gasteiger partial charge in [0.15, 0.2) is 9.84 Å². The lowest BCUT2D eigenvalue weighted by atomic mass is 10.00. The van der Waals surface area contributed by atoms with E-state index in [4.69, 9.17) is 0 Å². The molecule has 0 aliphatic heterocycles. The SMILES string of the molecule is CCCC(CCC)S(=O)(=O)C[C@@H](NC(=O)c1ccncc1)C(=O)N[C@@H](Cc1cc(F)cc(F)c1)[C@H](O)CNCc1cccc(CC)c1.Cl.Cl. The first kappa shape index (κ1) is 43.9. The summed E-state index contributed by atoms with van der Waals surface area (Å²) in [5.74, 6) is -3.83. The number of pyridine rings is 1. The predicted octanol–water partition coefficient (Wildman–Crippen LogP) is 5.13. The van der Waals surface area contributed by atoms with Crippen LogP contribution in [-0.4, -0.2) is 66.1 Å². The molecule has 0 aliphatic rings. The second-order valence-corrected chi connectivity index (χ2v) is 14.1. The molecule has 14 heteroatoms. The summed E-state index contributed by atoms with van der Waals surface area (Å²) in [7, 11) is -3.86. The lowest BCUT2D eigenvalue weighted by molar-refractivity contribution is -0.124. The van der Waals surface area contributed by atoms with E-state index in [0.717, 1.165) is 35.7 Å². The minimum absolute atomic E-state index is 0. The van der Waals surface area contributed by atoms with E-state index >= 15 is 0 Å². The number of halogens is 4. The number of nitrogens with one attached hydrogen (secondary N) is 3. The Balaban J connectivity index is 0.00000600. The molecule has 0 saturated carbocycles. The van der Waals surface area contributed by atoms with Gasteiger partial charge in [-0.25, -0.2) is 17.2 Å². The summed E-state index contributed by atoms with van der Waals surface area (Å²) in [6.45, 7) is 6.22. The third-order valence-electron chi connectivity index (χ3n) is 7.94. The zero-order chi connectivity index (χ0) is 34.4. The molecule has 9 nitrogen and oxygen atoms in total. The number of aryl methyl sites for hydroxylation is 1. The zero-order valence-electron chi connectivity index (χ0n) is 28.0. The fraction of sp³-hybridized carbons (Fsp3) is 0.457. The Bertz CT molecular complexity index is 1540. The summed E-state index contributed by atoms with van der Waals surface area (Å²) in [5, 5.41) is 19.0. The summed E-state index contributed by atoms with van der Waals surface area (Å²) >= 11 is 0. The molecular formula is C35H48Cl2F2N4O5S. The first-order valence-corrected chi connectivity index (χ1v) is 17.8. The van der Waals surface area contributed by atoms with Gasteiger partial charge in [-0.05, 0) is 66.6 Å². The molecule has 0 radical (unpaired) electrons. The van der Waals surface area contributed by atoms with Gasteiger partial charge < -0.3 is 21.1 Å². The van der Waals surface area contributed by atoms with Gasteiger partial charge in [-0.1, -0.05) is 57.9 Å². The van der Waals surface area contributed by atoms with Crippen LogP contribution >= 0.6 is 24.8 Å². The maximum atomic E-state index is 14.1. The molecule has 2 aromatic carbocycles. The monoisotopic (exact) mass is 744 g/mol. The number of aromatic nitrogens is 1. The maximum absolute atomic E-state index is 14.1. The number of benzene rings is 2. The van der Waals surface area contributed by atoms with Gasteiger partial charge in [0.2, 0.25) is 5.91 Å². The van der Waals surface area contributed by atoms with Crippen LogP contribution in [0.1, 0.15) is 73.5 Å². The van der Waals surface area contributed by atoms with Gasteiger partial charge in [-0.15, -0.1) is 24.8 Å².